The van der Waals surface area contributed by atoms with Gasteiger partial charge in [-0.25, -0.2) is 0 Å². The third-order valence-corrected chi connectivity index (χ3v) is 9.66. The van der Waals surface area contributed by atoms with Crippen LogP contribution in [-0.4, -0.2) is 18.0 Å². The summed E-state index contributed by atoms with van der Waals surface area (Å²) >= 11 is 6.61. The van der Waals surface area contributed by atoms with Gasteiger partial charge < -0.3 is 4.90 Å². The molecule has 1 fully saturated rings. The lowest BCUT2D eigenvalue weighted by Gasteiger charge is -2.13. The highest BCUT2D eigenvalue weighted by Crippen LogP contribution is 2.44. The zero-order chi connectivity index (χ0) is 19.1. The Bertz CT molecular complexity index is 1130. The van der Waals surface area contributed by atoms with Crippen LogP contribution in [0.25, 0.3) is 29.3 Å². The molecule has 5 heterocycles. The summed E-state index contributed by atoms with van der Waals surface area (Å²) in [7, 11) is 0. The minimum atomic E-state index is -0.328. The van der Waals surface area contributed by atoms with E-state index in [0.717, 1.165) is 9.75 Å². The molecule has 4 aromatic heterocycles. The summed E-state index contributed by atoms with van der Waals surface area (Å²) in [5, 5.41) is 12.5. The lowest BCUT2D eigenvalue weighted by Crippen LogP contribution is -2.15. The van der Waals surface area contributed by atoms with Crippen LogP contribution in [0.3, 0.4) is 0 Å². The first-order chi connectivity index (χ1) is 13.7. The molecule has 4 aromatic rings. The number of rotatable bonds is 5. The maximum atomic E-state index is 10.9. The van der Waals surface area contributed by atoms with E-state index in [9.17, 15) is 10.1 Å². The molecular formula is C20H16N2O2S4. The van der Waals surface area contributed by atoms with Gasteiger partial charge in [0.2, 0.25) is 0 Å². The lowest BCUT2D eigenvalue weighted by molar-refractivity contribution is -0.380. The van der Waals surface area contributed by atoms with Gasteiger partial charge in [-0.2, -0.15) is 0 Å². The third-order valence-electron chi connectivity index (χ3n) is 4.72. The van der Waals surface area contributed by atoms with Gasteiger partial charge >= 0.3 is 5.00 Å². The van der Waals surface area contributed by atoms with E-state index in [-0.39, 0.29) is 9.92 Å². The quantitative estimate of drug-likeness (QED) is 0.237. The van der Waals surface area contributed by atoms with Gasteiger partial charge in [0.25, 0.3) is 0 Å². The maximum Gasteiger partial charge on any atom is 0.324 e. The lowest BCUT2D eigenvalue weighted by atomic mass is 10.3. The number of hydrogen-bond donors (Lipinski definition) is 0. The van der Waals surface area contributed by atoms with Crippen molar-refractivity contribution in [2.75, 3.05) is 18.0 Å². The second-order valence-corrected chi connectivity index (χ2v) is 10.8. The molecule has 1 aliphatic rings. The Morgan fingerprint density at radius 2 is 1.14 bits per heavy atom. The van der Waals surface area contributed by atoms with E-state index in [1.807, 2.05) is 28.7 Å². The minimum Gasteiger partial charge on any atom is -0.363 e. The van der Waals surface area contributed by atoms with Gasteiger partial charge in [-0.15, -0.1) is 34.0 Å². The average molecular weight is 445 g/mol. The van der Waals surface area contributed by atoms with Crippen LogP contribution >= 0.6 is 45.3 Å². The molecule has 1 aliphatic heterocycles. The van der Waals surface area contributed by atoms with Crippen molar-refractivity contribution in [3.63, 3.8) is 0 Å². The monoisotopic (exact) mass is 444 g/mol. The minimum absolute atomic E-state index is 0.190. The second kappa shape index (κ2) is 7.44. The molecule has 0 unspecified atom stereocenters. The van der Waals surface area contributed by atoms with Crippen molar-refractivity contribution in [2.24, 2.45) is 0 Å². The second-order valence-electron chi connectivity index (χ2n) is 6.55. The largest absolute Gasteiger partial charge is 0.363 e. The molecule has 1 saturated heterocycles. The zero-order valence-corrected chi connectivity index (χ0v) is 18.1. The van der Waals surface area contributed by atoms with Crippen LogP contribution in [0.5, 0.6) is 0 Å². The Balaban J connectivity index is 1.37. The van der Waals surface area contributed by atoms with Crippen LogP contribution in [0.4, 0.5) is 10.0 Å². The molecule has 0 amide bonds. The van der Waals surface area contributed by atoms with E-state index in [1.54, 1.807) is 17.4 Å². The Morgan fingerprint density at radius 3 is 1.68 bits per heavy atom. The number of anilines is 1. The molecule has 0 spiro atoms. The maximum absolute atomic E-state index is 10.9. The van der Waals surface area contributed by atoms with Crippen LogP contribution in [0.2, 0.25) is 0 Å². The van der Waals surface area contributed by atoms with Gasteiger partial charge in [0.15, 0.2) is 0 Å². The number of thiophene rings is 4. The third kappa shape index (κ3) is 3.41. The summed E-state index contributed by atoms with van der Waals surface area (Å²) in [5.41, 5.74) is 0. The number of hydrogen-bond acceptors (Lipinski definition) is 7. The highest BCUT2D eigenvalue weighted by Gasteiger charge is 2.17. The predicted molar refractivity (Wildman–Crippen MR) is 122 cm³/mol. The Morgan fingerprint density at radius 1 is 0.679 bits per heavy atom. The van der Waals surface area contributed by atoms with Crippen LogP contribution in [-0.2, 0) is 0 Å². The van der Waals surface area contributed by atoms with Gasteiger partial charge in [-0.05, 0) is 55.3 Å². The number of nitro groups is 1. The summed E-state index contributed by atoms with van der Waals surface area (Å²) in [6, 6.07) is 16.5. The fourth-order valence-corrected chi connectivity index (χ4v) is 7.49. The van der Waals surface area contributed by atoms with Crippen molar-refractivity contribution in [3.8, 4) is 29.3 Å². The predicted octanol–water partition coefficient (Wildman–Crippen LogP) is 7.44. The van der Waals surface area contributed by atoms with Gasteiger partial charge in [-0.3, -0.25) is 10.1 Å². The topological polar surface area (TPSA) is 46.4 Å². The molecule has 142 valence electrons. The Kier molecular flexibility index (Phi) is 4.80. The first-order valence-corrected chi connectivity index (χ1v) is 12.2. The normalized spacial score (nSPS) is 14.1. The molecule has 4 nitrogen and oxygen atoms in total. The molecular weight excluding hydrogens is 429 g/mol. The summed E-state index contributed by atoms with van der Waals surface area (Å²) < 4.78 is 0. The molecule has 0 radical (unpaired) electrons. The van der Waals surface area contributed by atoms with Crippen LogP contribution in [0, 0.1) is 10.1 Å². The van der Waals surface area contributed by atoms with E-state index >= 15 is 0 Å². The first kappa shape index (κ1) is 18.1. The van der Waals surface area contributed by atoms with Crippen molar-refractivity contribution in [3.05, 3.63) is 58.6 Å². The van der Waals surface area contributed by atoms with Gasteiger partial charge in [0.05, 0.1) is 14.8 Å². The average Bonchev–Trinajstić information content (AvgIpc) is 3.52. The first-order valence-electron chi connectivity index (χ1n) is 8.97. The van der Waals surface area contributed by atoms with E-state index in [1.165, 1.54) is 61.8 Å². The van der Waals surface area contributed by atoms with E-state index in [2.05, 4.69) is 41.3 Å². The molecule has 0 atom stereocenters. The van der Waals surface area contributed by atoms with Crippen LogP contribution < -0.4 is 4.90 Å². The highest BCUT2D eigenvalue weighted by atomic mass is 32.1. The van der Waals surface area contributed by atoms with Crippen molar-refractivity contribution < 1.29 is 4.92 Å². The van der Waals surface area contributed by atoms with Crippen molar-refractivity contribution in [1.29, 1.82) is 0 Å². The van der Waals surface area contributed by atoms with E-state index in [4.69, 9.17) is 0 Å². The molecule has 0 saturated carbocycles. The molecule has 8 heteroatoms. The molecule has 0 bridgehead atoms. The van der Waals surface area contributed by atoms with Gasteiger partial charge in [0.1, 0.15) is 0 Å². The SMILES string of the molecule is O=[N+]([O-])c1ccc(-c2ccc(-c3ccc(-c4ccc(N5CCCC5)s4)s3)s2)s1. The highest BCUT2D eigenvalue weighted by molar-refractivity contribution is 7.29. The number of nitrogens with zero attached hydrogens (tertiary/aromatic N) is 2. The fraction of sp³-hybridized carbons (Fsp3) is 0.200. The summed E-state index contributed by atoms with van der Waals surface area (Å²) in [6.07, 6.45) is 2.59. The van der Waals surface area contributed by atoms with Gasteiger partial charge in [0, 0.05) is 43.5 Å². The molecule has 0 aromatic carbocycles. The fourth-order valence-electron chi connectivity index (χ4n) is 3.33. The van der Waals surface area contributed by atoms with E-state index in [0.29, 0.717) is 0 Å². The molecule has 28 heavy (non-hydrogen) atoms. The van der Waals surface area contributed by atoms with Crippen molar-refractivity contribution in [1.82, 2.24) is 0 Å². The van der Waals surface area contributed by atoms with Crippen LogP contribution in [0.1, 0.15) is 12.8 Å². The Hall–Kier alpha value is -2.00. The smallest absolute Gasteiger partial charge is 0.324 e. The van der Waals surface area contributed by atoms with Crippen molar-refractivity contribution >= 4 is 55.3 Å². The van der Waals surface area contributed by atoms with Crippen LogP contribution in [0.15, 0.2) is 48.5 Å². The summed E-state index contributed by atoms with van der Waals surface area (Å²) in [6.45, 7) is 2.35. The Labute approximate surface area is 178 Å². The summed E-state index contributed by atoms with van der Waals surface area (Å²) in [5.74, 6) is 0. The standard InChI is InChI=1S/C20H16N2O2S4/c23-22(24)20-10-8-18(28-20)16-6-4-14(26-16)13-3-5-15(25-13)17-7-9-19(27-17)21-11-1-2-12-21/h3-10H,1-2,11-12H2. The zero-order valence-electron chi connectivity index (χ0n) is 14.8. The molecule has 0 N–H and O–H groups in total. The molecule has 0 aliphatic carbocycles. The van der Waals surface area contributed by atoms with Crippen molar-refractivity contribution in [2.45, 2.75) is 12.8 Å². The van der Waals surface area contributed by atoms with Gasteiger partial charge in [-0.1, -0.05) is 11.3 Å². The summed E-state index contributed by atoms with van der Waals surface area (Å²) in [4.78, 5) is 20.2. The van der Waals surface area contributed by atoms with E-state index < -0.39 is 0 Å². The molecule has 5 rings (SSSR count).